The number of hydrogen-bond donors (Lipinski definition) is 1. The fourth-order valence-electron chi connectivity index (χ4n) is 3.73. The Balaban J connectivity index is 1.93. The summed E-state index contributed by atoms with van der Waals surface area (Å²) in [5, 5.41) is 11.3. The van der Waals surface area contributed by atoms with E-state index in [0.717, 1.165) is 5.56 Å². The highest BCUT2D eigenvalue weighted by Crippen LogP contribution is 2.42. The van der Waals surface area contributed by atoms with Crippen molar-refractivity contribution in [2.75, 3.05) is 12.0 Å². The van der Waals surface area contributed by atoms with Crippen LogP contribution in [0.5, 0.6) is 5.75 Å². The van der Waals surface area contributed by atoms with Crippen molar-refractivity contribution in [3.63, 3.8) is 0 Å². The number of aliphatic hydroxyl groups is 1. The molecule has 1 amide bonds. The number of rotatable bonds is 4. The number of carbonyl (C=O) groups excluding carboxylic acids is 2. The van der Waals surface area contributed by atoms with Crippen molar-refractivity contribution in [3.05, 3.63) is 99.8 Å². The maximum Gasteiger partial charge on any atom is 0.300 e. The van der Waals surface area contributed by atoms with Gasteiger partial charge in [-0.1, -0.05) is 41.4 Å². The van der Waals surface area contributed by atoms with Crippen LogP contribution in [0.15, 0.2) is 72.3 Å². The molecule has 0 aromatic heterocycles. The van der Waals surface area contributed by atoms with Gasteiger partial charge in [0.25, 0.3) is 11.7 Å². The summed E-state index contributed by atoms with van der Waals surface area (Å²) in [6, 6.07) is 16.2. The van der Waals surface area contributed by atoms with Crippen LogP contribution in [0.1, 0.15) is 22.7 Å². The van der Waals surface area contributed by atoms with E-state index in [-0.39, 0.29) is 21.9 Å². The van der Waals surface area contributed by atoms with Gasteiger partial charge in [0.05, 0.1) is 23.7 Å². The van der Waals surface area contributed by atoms with Crippen molar-refractivity contribution in [1.29, 1.82) is 0 Å². The van der Waals surface area contributed by atoms with Gasteiger partial charge >= 0.3 is 0 Å². The number of aliphatic hydroxyl groups excluding tert-OH is 1. The molecule has 3 aromatic carbocycles. The second-order valence-corrected chi connectivity index (χ2v) is 7.81. The highest BCUT2D eigenvalue weighted by molar-refractivity contribution is 6.51. The van der Waals surface area contributed by atoms with E-state index in [0.29, 0.717) is 17.0 Å². The third-order valence-electron chi connectivity index (χ3n) is 5.37. The van der Waals surface area contributed by atoms with E-state index < -0.39 is 23.5 Å². The van der Waals surface area contributed by atoms with E-state index >= 15 is 0 Å². The zero-order valence-corrected chi connectivity index (χ0v) is 18.1. The zero-order valence-electron chi connectivity index (χ0n) is 17.3. The van der Waals surface area contributed by atoms with Crippen molar-refractivity contribution in [1.82, 2.24) is 0 Å². The number of ketones is 1. The number of aryl methyl sites for hydroxylation is 1. The minimum absolute atomic E-state index is 0.108. The van der Waals surface area contributed by atoms with Crippen molar-refractivity contribution in [2.45, 2.75) is 13.0 Å². The Kier molecular flexibility index (Phi) is 5.72. The number of nitrogens with zero attached hydrogens (tertiary/aromatic N) is 1. The summed E-state index contributed by atoms with van der Waals surface area (Å²) < 4.78 is 18.7. The molecule has 0 saturated carbocycles. The molecule has 1 N–H and O–H groups in total. The molecule has 1 heterocycles. The average Bonchev–Trinajstić information content (AvgIpc) is 3.05. The van der Waals surface area contributed by atoms with Gasteiger partial charge < -0.3 is 9.84 Å². The normalized spacial score (nSPS) is 17.6. The SMILES string of the molecule is COc1ccc(/C(O)=C2/C(=O)C(=O)N(c3ccc(C)cc3)C2c2ccc(F)cc2)cc1Cl. The molecular weight excluding hydrogens is 433 g/mol. The highest BCUT2D eigenvalue weighted by atomic mass is 35.5. The maximum atomic E-state index is 13.6. The van der Waals surface area contributed by atoms with Crippen LogP contribution in [0.25, 0.3) is 5.76 Å². The van der Waals surface area contributed by atoms with E-state index in [1.54, 1.807) is 24.3 Å². The quantitative estimate of drug-likeness (QED) is 0.326. The Hall–Kier alpha value is -3.64. The second kappa shape index (κ2) is 8.48. The Morgan fingerprint density at radius 2 is 1.69 bits per heavy atom. The van der Waals surface area contributed by atoms with Crippen molar-refractivity contribution in [3.8, 4) is 5.75 Å². The van der Waals surface area contributed by atoms with Gasteiger partial charge in [-0.05, 0) is 55.0 Å². The summed E-state index contributed by atoms with van der Waals surface area (Å²) in [5.74, 6) is -2.06. The monoisotopic (exact) mass is 451 g/mol. The molecule has 1 aliphatic heterocycles. The standard InChI is InChI=1S/C25H19ClFNO4/c1-14-3-10-18(11-4-14)28-22(15-5-8-17(27)9-6-15)21(24(30)25(28)31)23(29)16-7-12-20(32-2)19(26)13-16/h3-13,22,29H,1-2H3/b23-21-. The fourth-order valence-corrected chi connectivity index (χ4v) is 3.99. The van der Waals surface area contributed by atoms with Crippen molar-refractivity contribution in [2.24, 2.45) is 0 Å². The van der Waals surface area contributed by atoms with E-state index in [1.165, 1.54) is 42.3 Å². The number of carbonyl (C=O) groups is 2. The van der Waals surface area contributed by atoms with Crippen LogP contribution in [0, 0.1) is 12.7 Å². The highest BCUT2D eigenvalue weighted by Gasteiger charge is 2.47. The molecule has 1 saturated heterocycles. The first-order valence-corrected chi connectivity index (χ1v) is 10.2. The minimum Gasteiger partial charge on any atom is -0.507 e. The first-order chi connectivity index (χ1) is 15.3. The van der Waals surface area contributed by atoms with Crippen LogP contribution in [0.3, 0.4) is 0 Å². The molecule has 4 rings (SSSR count). The summed E-state index contributed by atoms with van der Waals surface area (Å²) in [7, 11) is 1.46. The number of benzene rings is 3. The number of amides is 1. The minimum atomic E-state index is -0.945. The first-order valence-electron chi connectivity index (χ1n) is 9.79. The third-order valence-corrected chi connectivity index (χ3v) is 5.66. The topological polar surface area (TPSA) is 66.8 Å². The Morgan fingerprint density at radius 1 is 1.03 bits per heavy atom. The molecule has 1 atom stereocenters. The zero-order chi connectivity index (χ0) is 23.0. The molecule has 0 bridgehead atoms. The van der Waals surface area contributed by atoms with Gasteiger partial charge in [-0.3, -0.25) is 14.5 Å². The largest absolute Gasteiger partial charge is 0.507 e. The lowest BCUT2D eigenvalue weighted by molar-refractivity contribution is -0.132. The smallest absolute Gasteiger partial charge is 0.300 e. The number of halogens is 2. The average molecular weight is 452 g/mol. The molecular formula is C25H19ClFNO4. The van der Waals surface area contributed by atoms with Gasteiger partial charge in [0.1, 0.15) is 17.3 Å². The van der Waals surface area contributed by atoms with Crippen LogP contribution < -0.4 is 9.64 Å². The van der Waals surface area contributed by atoms with Gasteiger partial charge in [-0.15, -0.1) is 0 Å². The second-order valence-electron chi connectivity index (χ2n) is 7.41. The Labute approximate surface area is 189 Å². The predicted molar refractivity (Wildman–Crippen MR) is 120 cm³/mol. The van der Waals surface area contributed by atoms with Crippen LogP contribution >= 0.6 is 11.6 Å². The van der Waals surface area contributed by atoms with E-state index in [9.17, 15) is 19.1 Å². The molecule has 0 aliphatic carbocycles. The van der Waals surface area contributed by atoms with E-state index in [4.69, 9.17) is 16.3 Å². The molecule has 0 radical (unpaired) electrons. The van der Waals surface area contributed by atoms with Gasteiger partial charge in [-0.25, -0.2) is 4.39 Å². The molecule has 32 heavy (non-hydrogen) atoms. The number of ether oxygens (including phenoxy) is 1. The lowest BCUT2D eigenvalue weighted by Gasteiger charge is -2.25. The van der Waals surface area contributed by atoms with Gasteiger partial charge in [-0.2, -0.15) is 0 Å². The van der Waals surface area contributed by atoms with E-state index in [1.807, 2.05) is 19.1 Å². The first kappa shape index (κ1) is 21.6. The number of hydrogen-bond acceptors (Lipinski definition) is 4. The Bertz CT molecular complexity index is 1240. The van der Waals surface area contributed by atoms with Crippen LogP contribution in [0.2, 0.25) is 5.02 Å². The van der Waals surface area contributed by atoms with Gasteiger partial charge in [0.15, 0.2) is 0 Å². The number of methoxy groups -OCH3 is 1. The molecule has 1 aliphatic rings. The molecule has 3 aromatic rings. The summed E-state index contributed by atoms with van der Waals surface area (Å²) >= 11 is 6.19. The van der Waals surface area contributed by atoms with Crippen LogP contribution in [-0.2, 0) is 9.59 Å². The van der Waals surface area contributed by atoms with Crippen molar-refractivity contribution < 1.29 is 23.8 Å². The van der Waals surface area contributed by atoms with Gasteiger partial charge in [0.2, 0.25) is 0 Å². The third kappa shape index (κ3) is 3.74. The molecule has 0 spiro atoms. The Morgan fingerprint density at radius 3 is 2.28 bits per heavy atom. The molecule has 7 heteroatoms. The molecule has 162 valence electrons. The number of Topliss-reactive ketones (excluding diaryl/α,β-unsaturated/α-hetero) is 1. The number of anilines is 1. The van der Waals surface area contributed by atoms with Crippen molar-refractivity contribution >= 4 is 34.7 Å². The summed E-state index contributed by atoms with van der Waals surface area (Å²) in [6.07, 6.45) is 0. The van der Waals surface area contributed by atoms with E-state index in [2.05, 4.69) is 0 Å². The lowest BCUT2D eigenvalue weighted by atomic mass is 9.95. The fraction of sp³-hybridized carbons (Fsp3) is 0.120. The summed E-state index contributed by atoms with van der Waals surface area (Å²) in [5.41, 5.74) is 2.09. The van der Waals surface area contributed by atoms with Crippen LogP contribution in [-0.4, -0.2) is 23.9 Å². The van der Waals surface area contributed by atoms with Gasteiger partial charge in [0, 0.05) is 11.3 Å². The van der Waals surface area contributed by atoms with Crippen LogP contribution in [0.4, 0.5) is 10.1 Å². The molecule has 1 fully saturated rings. The summed E-state index contributed by atoms with van der Waals surface area (Å²) in [6.45, 7) is 1.91. The molecule has 5 nitrogen and oxygen atoms in total. The summed E-state index contributed by atoms with van der Waals surface area (Å²) in [4.78, 5) is 27.5. The predicted octanol–water partition coefficient (Wildman–Crippen LogP) is 5.42. The lowest BCUT2D eigenvalue weighted by Crippen LogP contribution is -2.29. The maximum absolute atomic E-state index is 13.6. The molecule has 1 unspecified atom stereocenters.